The van der Waals surface area contributed by atoms with E-state index in [1.165, 1.54) is 0 Å². The minimum Gasteiger partial charge on any atom is -0.458 e. The van der Waals surface area contributed by atoms with Crippen molar-refractivity contribution in [2.24, 2.45) is 0 Å². The highest BCUT2D eigenvalue weighted by Crippen LogP contribution is 2.40. The third kappa shape index (κ3) is 2.89. The Hall–Kier alpha value is -2.55. The molecule has 0 fully saturated rings. The first-order valence-corrected chi connectivity index (χ1v) is 10.8. The lowest BCUT2D eigenvalue weighted by molar-refractivity contribution is -0.172. The number of nitrogens with zero attached hydrogens (tertiary/aromatic N) is 3. The quantitative estimate of drug-likeness (QED) is 0.600. The molecular formula is C23H27N3O5. The van der Waals surface area contributed by atoms with Crippen molar-refractivity contribution in [2.75, 3.05) is 20.6 Å². The Labute approximate surface area is 180 Å². The van der Waals surface area contributed by atoms with Gasteiger partial charge >= 0.3 is 5.97 Å². The minimum absolute atomic E-state index is 0.0265. The molecule has 0 spiro atoms. The molecule has 2 aliphatic heterocycles. The van der Waals surface area contributed by atoms with E-state index in [9.17, 15) is 19.8 Å². The topological polar surface area (TPSA) is 105 Å². The molecule has 5 rings (SSSR count). The van der Waals surface area contributed by atoms with Gasteiger partial charge < -0.3 is 24.4 Å². The normalized spacial score (nSPS) is 26.2. The van der Waals surface area contributed by atoms with Gasteiger partial charge in [-0.3, -0.25) is 9.78 Å². The average molecular weight is 425 g/mol. The van der Waals surface area contributed by atoms with Crippen LogP contribution in [0.1, 0.15) is 53.6 Å². The van der Waals surface area contributed by atoms with Crippen LogP contribution in [0.25, 0.3) is 11.4 Å². The third-order valence-electron chi connectivity index (χ3n) is 6.93. The molecule has 0 saturated heterocycles. The first kappa shape index (κ1) is 20.4. The molecule has 0 aromatic carbocycles. The summed E-state index contributed by atoms with van der Waals surface area (Å²) in [5, 5.41) is 21.6. The average Bonchev–Trinajstić information content (AvgIpc) is 3.10. The molecule has 1 aliphatic carbocycles. The molecule has 8 heteroatoms. The van der Waals surface area contributed by atoms with E-state index in [1.807, 2.05) is 14.1 Å². The Morgan fingerprint density at radius 2 is 2.10 bits per heavy atom. The SMILES string of the molecule is CC[C@@]1(O)C(=O)OCc2c1cc1n(c2=O)Cc2cc3c(nc2-1)CC[C@H](O)[C@@H]3CN(C)C. The molecule has 3 atom stereocenters. The van der Waals surface area contributed by atoms with Crippen molar-refractivity contribution in [3.63, 3.8) is 0 Å². The molecule has 0 radical (unpaired) electrons. The van der Waals surface area contributed by atoms with Crippen LogP contribution in [0, 0.1) is 0 Å². The van der Waals surface area contributed by atoms with Crippen LogP contribution in [0.3, 0.4) is 0 Å². The molecule has 31 heavy (non-hydrogen) atoms. The fraction of sp³-hybridized carbons (Fsp3) is 0.522. The van der Waals surface area contributed by atoms with Crippen molar-refractivity contribution >= 4 is 5.97 Å². The fourth-order valence-electron chi connectivity index (χ4n) is 5.20. The van der Waals surface area contributed by atoms with E-state index in [2.05, 4.69) is 11.0 Å². The smallest absolute Gasteiger partial charge is 0.343 e. The Morgan fingerprint density at radius 1 is 1.32 bits per heavy atom. The summed E-state index contributed by atoms with van der Waals surface area (Å²) in [6.07, 6.45) is 1.02. The molecule has 164 valence electrons. The second-order valence-electron chi connectivity index (χ2n) is 9.11. The maximum atomic E-state index is 13.3. The Morgan fingerprint density at radius 3 is 2.81 bits per heavy atom. The van der Waals surface area contributed by atoms with Crippen molar-refractivity contribution in [3.05, 3.63) is 50.4 Å². The molecule has 3 aliphatic rings. The molecule has 0 unspecified atom stereocenters. The first-order chi connectivity index (χ1) is 14.7. The van der Waals surface area contributed by atoms with Crippen LogP contribution in [0.4, 0.5) is 0 Å². The Bertz CT molecular complexity index is 1150. The van der Waals surface area contributed by atoms with Gasteiger partial charge in [0.05, 0.1) is 29.6 Å². The number of esters is 1. The van der Waals surface area contributed by atoms with Gasteiger partial charge in [-0.1, -0.05) is 6.92 Å². The number of cyclic esters (lactones) is 1. The number of hydrogen-bond donors (Lipinski definition) is 2. The summed E-state index contributed by atoms with van der Waals surface area (Å²) in [4.78, 5) is 32.5. The number of aromatic nitrogens is 2. The summed E-state index contributed by atoms with van der Waals surface area (Å²) in [6, 6.07) is 3.81. The van der Waals surface area contributed by atoms with Crippen molar-refractivity contribution in [1.82, 2.24) is 14.5 Å². The summed E-state index contributed by atoms with van der Waals surface area (Å²) in [6.45, 7) is 2.66. The van der Waals surface area contributed by atoms with Gasteiger partial charge in [-0.2, -0.15) is 0 Å². The number of carbonyl (C=O) groups is 1. The van der Waals surface area contributed by atoms with E-state index >= 15 is 0 Å². The van der Waals surface area contributed by atoms with E-state index in [1.54, 1.807) is 17.6 Å². The number of carbonyl (C=O) groups excluding carboxylic acids is 1. The molecule has 4 heterocycles. The van der Waals surface area contributed by atoms with Gasteiger partial charge in [-0.15, -0.1) is 0 Å². The first-order valence-electron chi connectivity index (χ1n) is 10.8. The summed E-state index contributed by atoms with van der Waals surface area (Å²) >= 11 is 0. The second-order valence-corrected chi connectivity index (χ2v) is 9.11. The van der Waals surface area contributed by atoms with Gasteiger partial charge in [0, 0.05) is 29.3 Å². The number of fused-ring (bicyclic) bond motifs is 5. The van der Waals surface area contributed by atoms with Gasteiger partial charge in [0.1, 0.15) is 6.61 Å². The number of aliphatic hydroxyl groups excluding tert-OH is 1. The van der Waals surface area contributed by atoms with E-state index in [4.69, 9.17) is 9.72 Å². The largest absolute Gasteiger partial charge is 0.458 e. The number of likely N-dealkylation sites (N-methyl/N-ethyl adjacent to an activating group) is 1. The standard InChI is InChI=1S/C23H27N3O5/c1-4-23(30)16-8-18-20-12(9-26(18)21(28)15(16)11-31-22(23)29)7-13-14(10-25(2)3)19(27)6-5-17(13)24-20/h7-8,14,19,27,30H,4-6,9-11H2,1-3H3/t14-,19+,23+/m1/s1. The molecule has 8 nitrogen and oxygen atoms in total. The number of aliphatic hydroxyl groups is 2. The number of ether oxygens (including phenoxy) is 1. The van der Waals surface area contributed by atoms with E-state index in [-0.39, 0.29) is 24.5 Å². The number of pyridine rings is 2. The van der Waals surface area contributed by atoms with Gasteiger partial charge in [0.15, 0.2) is 5.60 Å². The predicted molar refractivity (Wildman–Crippen MR) is 113 cm³/mol. The van der Waals surface area contributed by atoms with Gasteiger partial charge in [0.2, 0.25) is 0 Å². The molecule has 2 aromatic heterocycles. The van der Waals surface area contributed by atoms with E-state index < -0.39 is 17.7 Å². The third-order valence-corrected chi connectivity index (χ3v) is 6.93. The highest BCUT2D eigenvalue weighted by molar-refractivity contribution is 5.84. The van der Waals surface area contributed by atoms with Gasteiger partial charge in [0.25, 0.3) is 5.56 Å². The number of hydrogen-bond acceptors (Lipinski definition) is 7. The highest BCUT2D eigenvalue weighted by atomic mass is 16.6. The zero-order chi connectivity index (χ0) is 22.1. The van der Waals surface area contributed by atoms with Crippen molar-refractivity contribution in [2.45, 2.75) is 57.0 Å². The lowest BCUT2D eigenvalue weighted by Crippen LogP contribution is -2.44. The molecule has 0 amide bonds. The summed E-state index contributed by atoms with van der Waals surface area (Å²) in [7, 11) is 3.97. The van der Waals surface area contributed by atoms with Gasteiger partial charge in [-0.05, 0) is 51.1 Å². The Kier molecular flexibility index (Phi) is 4.58. The lowest BCUT2D eigenvalue weighted by Gasteiger charge is -2.32. The lowest BCUT2D eigenvalue weighted by atomic mass is 9.82. The van der Waals surface area contributed by atoms with E-state index in [0.717, 1.165) is 29.1 Å². The van der Waals surface area contributed by atoms with Crippen LogP contribution in [0.5, 0.6) is 0 Å². The molecule has 0 bridgehead atoms. The summed E-state index contributed by atoms with van der Waals surface area (Å²) in [5.74, 6) is -0.745. The minimum atomic E-state index is -1.82. The predicted octanol–water partition coefficient (Wildman–Crippen LogP) is 0.879. The highest BCUT2D eigenvalue weighted by Gasteiger charge is 2.45. The molecule has 2 aromatic rings. The fourth-order valence-corrected chi connectivity index (χ4v) is 5.20. The molecular weight excluding hydrogens is 398 g/mol. The van der Waals surface area contributed by atoms with Crippen molar-refractivity contribution < 1.29 is 19.7 Å². The maximum Gasteiger partial charge on any atom is 0.343 e. The van der Waals surface area contributed by atoms with Crippen LogP contribution in [0.2, 0.25) is 0 Å². The van der Waals surface area contributed by atoms with Crippen LogP contribution >= 0.6 is 0 Å². The number of rotatable bonds is 3. The monoisotopic (exact) mass is 425 g/mol. The maximum absolute atomic E-state index is 13.3. The zero-order valence-electron chi connectivity index (χ0n) is 18.0. The van der Waals surface area contributed by atoms with Crippen molar-refractivity contribution in [3.8, 4) is 11.4 Å². The molecule has 0 saturated carbocycles. The van der Waals surface area contributed by atoms with Crippen LogP contribution in [-0.4, -0.2) is 57.4 Å². The zero-order valence-corrected chi connectivity index (χ0v) is 18.0. The van der Waals surface area contributed by atoms with E-state index in [0.29, 0.717) is 36.2 Å². The Balaban J connectivity index is 1.67. The van der Waals surface area contributed by atoms with Crippen LogP contribution in [-0.2, 0) is 34.7 Å². The second kappa shape index (κ2) is 6.98. The van der Waals surface area contributed by atoms with Crippen LogP contribution < -0.4 is 5.56 Å². The molecule has 2 N–H and O–H groups in total. The number of aryl methyl sites for hydroxylation is 1. The van der Waals surface area contributed by atoms with Crippen LogP contribution in [0.15, 0.2) is 16.9 Å². The van der Waals surface area contributed by atoms with Crippen molar-refractivity contribution in [1.29, 1.82) is 0 Å². The summed E-state index contributed by atoms with van der Waals surface area (Å²) < 4.78 is 6.77. The summed E-state index contributed by atoms with van der Waals surface area (Å²) in [5.41, 5.74) is 2.83. The van der Waals surface area contributed by atoms with Gasteiger partial charge in [-0.25, -0.2) is 4.79 Å².